The monoisotopic (exact) mass is 233 g/mol. The molecule has 2 N–H and O–H groups in total. The fraction of sp³-hybridized carbons (Fsp3) is 0. The van der Waals surface area contributed by atoms with Crippen LogP contribution in [0.1, 0.15) is 21.0 Å². The van der Waals surface area contributed by atoms with Crippen molar-refractivity contribution in [3.8, 4) is 0 Å². The van der Waals surface area contributed by atoms with Crippen LogP contribution in [0.2, 0.25) is 0 Å². The second-order valence-electron chi connectivity index (χ2n) is 3.08. The van der Waals surface area contributed by atoms with Gasteiger partial charge in [0.2, 0.25) is 0 Å². The van der Waals surface area contributed by atoms with E-state index >= 15 is 0 Å². The van der Waals surface area contributed by atoms with E-state index in [-0.39, 0.29) is 11.4 Å². The van der Waals surface area contributed by atoms with Crippen LogP contribution in [0.4, 0.5) is 5.69 Å². The molecule has 86 valence electrons. The number of carboxylic acid groups (broad SMARTS) is 1. The first-order chi connectivity index (χ1) is 8.16. The minimum Gasteiger partial charge on any atom is -0.477 e. The number of carbonyl (C=O) groups is 2. The average Bonchev–Trinajstić information content (AvgIpc) is 2.82. The number of pyridine rings is 1. The van der Waals surface area contributed by atoms with Gasteiger partial charge in [-0.1, -0.05) is 11.2 Å². The second kappa shape index (κ2) is 4.44. The first-order valence-electron chi connectivity index (χ1n) is 4.58. The van der Waals surface area contributed by atoms with Gasteiger partial charge in [0.25, 0.3) is 5.91 Å². The minimum absolute atomic E-state index is 0.00565. The van der Waals surface area contributed by atoms with Crippen molar-refractivity contribution >= 4 is 17.6 Å². The highest BCUT2D eigenvalue weighted by Gasteiger charge is 2.11. The predicted molar refractivity (Wildman–Crippen MR) is 55.7 cm³/mol. The first kappa shape index (κ1) is 10.8. The van der Waals surface area contributed by atoms with Gasteiger partial charge in [-0.2, -0.15) is 0 Å². The second-order valence-corrected chi connectivity index (χ2v) is 3.08. The third-order valence-electron chi connectivity index (χ3n) is 1.89. The van der Waals surface area contributed by atoms with Crippen LogP contribution in [0.3, 0.4) is 0 Å². The van der Waals surface area contributed by atoms with Crippen molar-refractivity contribution in [2.45, 2.75) is 0 Å². The van der Waals surface area contributed by atoms with E-state index in [2.05, 4.69) is 20.0 Å². The molecule has 0 aliphatic carbocycles. The largest absolute Gasteiger partial charge is 0.477 e. The van der Waals surface area contributed by atoms with Gasteiger partial charge >= 0.3 is 5.97 Å². The average molecular weight is 233 g/mol. The van der Waals surface area contributed by atoms with Gasteiger partial charge in [0, 0.05) is 0 Å². The summed E-state index contributed by atoms with van der Waals surface area (Å²) in [6.45, 7) is 0. The lowest BCUT2D eigenvalue weighted by Crippen LogP contribution is -2.15. The SMILES string of the molecule is O=C(O)c1cccc(C(=O)Nc2cnoc2)n1. The Hall–Kier alpha value is -2.70. The Bertz CT molecular complexity index is 550. The van der Waals surface area contributed by atoms with Crippen LogP contribution in [0.25, 0.3) is 0 Å². The third kappa shape index (κ3) is 2.46. The summed E-state index contributed by atoms with van der Waals surface area (Å²) in [7, 11) is 0. The number of aromatic carboxylic acids is 1. The number of hydrogen-bond acceptors (Lipinski definition) is 5. The Kier molecular flexibility index (Phi) is 2.82. The summed E-state index contributed by atoms with van der Waals surface area (Å²) in [6, 6.07) is 4.16. The molecular formula is C10H7N3O4. The molecule has 0 spiro atoms. The van der Waals surface area contributed by atoms with Crippen LogP contribution < -0.4 is 5.32 Å². The molecule has 0 aromatic carbocycles. The molecule has 0 bridgehead atoms. The van der Waals surface area contributed by atoms with Gasteiger partial charge in [-0.05, 0) is 12.1 Å². The van der Waals surface area contributed by atoms with Crippen molar-refractivity contribution in [3.63, 3.8) is 0 Å². The lowest BCUT2D eigenvalue weighted by Gasteiger charge is -2.01. The molecule has 0 saturated heterocycles. The molecule has 2 aromatic heterocycles. The Balaban J connectivity index is 2.19. The fourth-order valence-electron chi connectivity index (χ4n) is 1.14. The molecule has 0 aliphatic rings. The summed E-state index contributed by atoms with van der Waals surface area (Å²) in [5.74, 6) is -1.72. The van der Waals surface area contributed by atoms with Crippen molar-refractivity contribution < 1.29 is 19.2 Å². The molecule has 0 saturated carbocycles. The smallest absolute Gasteiger partial charge is 0.354 e. The van der Waals surface area contributed by atoms with E-state index in [9.17, 15) is 9.59 Å². The normalized spacial score (nSPS) is 9.88. The number of carboxylic acids is 1. The predicted octanol–water partition coefficient (Wildman–Crippen LogP) is 1.02. The Morgan fingerprint density at radius 3 is 2.71 bits per heavy atom. The summed E-state index contributed by atoms with van der Waals surface area (Å²) in [5, 5.41) is 14.6. The van der Waals surface area contributed by atoms with Crippen molar-refractivity contribution in [3.05, 3.63) is 42.0 Å². The van der Waals surface area contributed by atoms with Crippen LogP contribution in [-0.2, 0) is 0 Å². The van der Waals surface area contributed by atoms with Crippen LogP contribution in [-0.4, -0.2) is 27.1 Å². The number of aromatic nitrogens is 2. The van der Waals surface area contributed by atoms with Crippen molar-refractivity contribution in [1.29, 1.82) is 0 Å². The highest BCUT2D eigenvalue weighted by atomic mass is 16.5. The van der Waals surface area contributed by atoms with Gasteiger partial charge < -0.3 is 14.9 Å². The van der Waals surface area contributed by atoms with Gasteiger partial charge in [0.15, 0.2) is 0 Å². The molecule has 0 unspecified atom stereocenters. The molecule has 0 atom stereocenters. The summed E-state index contributed by atoms with van der Waals surface area (Å²) >= 11 is 0. The van der Waals surface area contributed by atoms with Gasteiger partial charge in [-0.25, -0.2) is 9.78 Å². The number of carbonyl (C=O) groups excluding carboxylic acids is 1. The molecule has 2 heterocycles. The number of nitrogens with one attached hydrogen (secondary N) is 1. The van der Waals surface area contributed by atoms with Crippen molar-refractivity contribution in [2.24, 2.45) is 0 Å². The third-order valence-corrected chi connectivity index (χ3v) is 1.89. The lowest BCUT2D eigenvalue weighted by molar-refractivity contribution is 0.0690. The Morgan fingerprint density at radius 1 is 1.29 bits per heavy atom. The first-order valence-corrected chi connectivity index (χ1v) is 4.58. The zero-order chi connectivity index (χ0) is 12.3. The topological polar surface area (TPSA) is 105 Å². The fourth-order valence-corrected chi connectivity index (χ4v) is 1.14. The zero-order valence-electron chi connectivity index (χ0n) is 8.45. The maximum atomic E-state index is 11.7. The van der Waals surface area contributed by atoms with Crippen LogP contribution in [0.15, 0.2) is 35.2 Å². The summed E-state index contributed by atoms with van der Waals surface area (Å²) in [6.07, 6.45) is 2.57. The van der Waals surface area contributed by atoms with Crippen LogP contribution in [0.5, 0.6) is 0 Å². The number of rotatable bonds is 3. The maximum absolute atomic E-state index is 11.7. The summed E-state index contributed by atoms with van der Waals surface area (Å²) in [4.78, 5) is 26.0. The number of nitrogens with zero attached hydrogens (tertiary/aromatic N) is 2. The van der Waals surface area contributed by atoms with Gasteiger partial charge in [-0.3, -0.25) is 4.79 Å². The molecule has 0 aliphatic heterocycles. The molecular weight excluding hydrogens is 226 g/mol. The van der Waals surface area contributed by atoms with E-state index < -0.39 is 11.9 Å². The molecule has 17 heavy (non-hydrogen) atoms. The number of anilines is 1. The Morgan fingerprint density at radius 2 is 2.06 bits per heavy atom. The van der Waals surface area contributed by atoms with Gasteiger partial charge in [0.1, 0.15) is 23.3 Å². The summed E-state index contributed by atoms with van der Waals surface area (Å²) < 4.78 is 4.53. The van der Waals surface area contributed by atoms with E-state index in [4.69, 9.17) is 5.11 Å². The molecule has 0 radical (unpaired) electrons. The minimum atomic E-state index is -1.19. The van der Waals surface area contributed by atoms with Gasteiger partial charge in [-0.15, -0.1) is 0 Å². The van der Waals surface area contributed by atoms with Crippen LogP contribution >= 0.6 is 0 Å². The van der Waals surface area contributed by atoms with Gasteiger partial charge in [0.05, 0.1) is 6.20 Å². The molecule has 7 nitrogen and oxygen atoms in total. The number of amides is 1. The van der Waals surface area contributed by atoms with E-state index in [0.29, 0.717) is 5.69 Å². The molecule has 2 aromatic rings. The quantitative estimate of drug-likeness (QED) is 0.819. The molecule has 7 heteroatoms. The molecule has 1 amide bonds. The summed E-state index contributed by atoms with van der Waals surface area (Å²) in [5.41, 5.74) is 0.187. The standard InChI is InChI=1S/C10H7N3O4/c14-9(12-6-4-11-17-5-6)7-2-1-3-8(13-7)10(15)16/h1-5H,(H,12,14)(H,15,16). The van der Waals surface area contributed by atoms with Crippen molar-refractivity contribution in [2.75, 3.05) is 5.32 Å². The molecule has 0 fully saturated rings. The zero-order valence-corrected chi connectivity index (χ0v) is 8.45. The maximum Gasteiger partial charge on any atom is 0.354 e. The molecule has 2 rings (SSSR count). The van der Waals surface area contributed by atoms with E-state index in [1.54, 1.807) is 0 Å². The van der Waals surface area contributed by atoms with E-state index in [0.717, 1.165) is 0 Å². The van der Waals surface area contributed by atoms with Crippen molar-refractivity contribution in [1.82, 2.24) is 10.1 Å². The van der Waals surface area contributed by atoms with E-state index in [1.807, 2.05) is 0 Å². The van der Waals surface area contributed by atoms with Crippen LogP contribution in [0, 0.1) is 0 Å². The highest BCUT2D eigenvalue weighted by molar-refractivity contribution is 6.03. The Labute approximate surface area is 95.1 Å². The number of hydrogen-bond donors (Lipinski definition) is 2. The lowest BCUT2D eigenvalue weighted by atomic mass is 10.3. The highest BCUT2D eigenvalue weighted by Crippen LogP contribution is 2.07. The van der Waals surface area contributed by atoms with E-state index in [1.165, 1.54) is 30.7 Å².